The average molecular weight is 194 g/mol. The molecule has 0 atom stereocenters. The molecule has 1 aliphatic carbocycles. The summed E-state index contributed by atoms with van der Waals surface area (Å²) in [6.07, 6.45) is 8.80. The Labute approximate surface area is 87.0 Å². The van der Waals surface area contributed by atoms with E-state index < -0.39 is 0 Å². The van der Waals surface area contributed by atoms with Gasteiger partial charge in [-0.2, -0.15) is 0 Å². The Kier molecular flexibility index (Phi) is 2.29. The molecule has 2 aliphatic heterocycles. The number of nitrogens with zero attached hydrogens (tertiary/aromatic N) is 1. The lowest BCUT2D eigenvalue weighted by atomic mass is 9.92. The fourth-order valence-corrected chi connectivity index (χ4v) is 3.31. The summed E-state index contributed by atoms with van der Waals surface area (Å²) >= 11 is 0. The SMILES string of the molecule is C1CN(C2CCNCC2)CC2(C1)CC2. The van der Waals surface area contributed by atoms with E-state index in [1.54, 1.807) is 0 Å². The molecule has 80 valence electrons. The van der Waals surface area contributed by atoms with Gasteiger partial charge in [0.15, 0.2) is 0 Å². The van der Waals surface area contributed by atoms with E-state index in [0.717, 1.165) is 11.5 Å². The van der Waals surface area contributed by atoms with Gasteiger partial charge in [0.1, 0.15) is 0 Å². The first-order chi connectivity index (χ1) is 6.88. The van der Waals surface area contributed by atoms with Crippen LogP contribution in [0.25, 0.3) is 0 Å². The molecule has 0 aromatic heterocycles. The van der Waals surface area contributed by atoms with Crippen LogP contribution in [0.3, 0.4) is 0 Å². The first-order valence-corrected chi connectivity index (χ1v) is 6.33. The van der Waals surface area contributed by atoms with E-state index in [2.05, 4.69) is 10.2 Å². The largest absolute Gasteiger partial charge is 0.317 e. The molecule has 0 bridgehead atoms. The molecule has 1 N–H and O–H groups in total. The van der Waals surface area contributed by atoms with Gasteiger partial charge in [-0.15, -0.1) is 0 Å². The van der Waals surface area contributed by atoms with Gasteiger partial charge in [-0.25, -0.2) is 0 Å². The Morgan fingerprint density at radius 3 is 2.57 bits per heavy atom. The molecular weight excluding hydrogens is 172 g/mol. The summed E-state index contributed by atoms with van der Waals surface area (Å²) in [6.45, 7) is 5.30. The van der Waals surface area contributed by atoms with Crippen molar-refractivity contribution in [2.45, 2.75) is 44.6 Å². The van der Waals surface area contributed by atoms with Gasteiger partial charge in [0, 0.05) is 12.6 Å². The fraction of sp³-hybridized carbons (Fsp3) is 1.00. The van der Waals surface area contributed by atoms with Gasteiger partial charge < -0.3 is 5.32 Å². The summed E-state index contributed by atoms with van der Waals surface area (Å²) in [4.78, 5) is 2.80. The fourth-order valence-electron chi connectivity index (χ4n) is 3.31. The maximum atomic E-state index is 3.46. The molecule has 2 heteroatoms. The normalized spacial score (nSPS) is 33.4. The Hall–Kier alpha value is -0.0800. The van der Waals surface area contributed by atoms with Gasteiger partial charge in [0.05, 0.1) is 0 Å². The van der Waals surface area contributed by atoms with Gasteiger partial charge in [-0.1, -0.05) is 0 Å². The van der Waals surface area contributed by atoms with Crippen molar-refractivity contribution in [3.8, 4) is 0 Å². The van der Waals surface area contributed by atoms with E-state index in [9.17, 15) is 0 Å². The van der Waals surface area contributed by atoms with Crippen molar-refractivity contribution >= 4 is 0 Å². The molecular formula is C12H22N2. The van der Waals surface area contributed by atoms with Crippen molar-refractivity contribution in [1.82, 2.24) is 10.2 Å². The lowest BCUT2D eigenvalue weighted by molar-refractivity contribution is 0.0933. The van der Waals surface area contributed by atoms with Crippen molar-refractivity contribution in [1.29, 1.82) is 0 Å². The third kappa shape index (κ3) is 1.70. The third-order valence-corrected chi connectivity index (χ3v) is 4.47. The molecule has 3 aliphatic rings. The molecule has 3 rings (SSSR count). The molecule has 0 aromatic carbocycles. The lowest BCUT2D eigenvalue weighted by Gasteiger charge is -2.40. The quantitative estimate of drug-likeness (QED) is 0.682. The van der Waals surface area contributed by atoms with E-state index in [1.807, 2.05) is 0 Å². The van der Waals surface area contributed by atoms with Crippen LogP contribution in [0.4, 0.5) is 0 Å². The van der Waals surface area contributed by atoms with E-state index in [-0.39, 0.29) is 0 Å². The highest BCUT2D eigenvalue weighted by molar-refractivity contribution is 4.99. The maximum absolute atomic E-state index is 3.46. The minimum absolute atomic E-state index is 0.809. The zero-order valence-electron chi connectivity index (χ0n) is 9.10. The second-order valence-corrected chi connectivity index (χ2v) is 5.56. The average Bonchev–Trinajstić information content (AvgIpc) is 2.99. The molecule has 2 heterocycles. The van der Waals surface area contributed by atoms with Gasteiger partial charge in [-0.05, 0) is 63.6 Å². The van der Waals surface area contributed by atoms with E-state index >= 15 is 0 Å². The summed E-state index contributed by atoms with van der Waals surface area (Å²) in [5.74, 6) is 0. The highest BCUT2D eigenvalue weighted by Crippen LogP contribution is 2.52. The summed E-state index contributed by atoms with van der Waals surface area (Å²) in [5.41, 5.74) is 0.809. The van der Waals surface area contributed by atoms with Crippen LogP contribution in [-0.4, -0.2) is 37.1 Å². The molecule has 1 saturated carbocycles. The first-order valence-electron chi connectivity index (χ1n) is 6.33. The van der Waals surface area contributed by atoms with Crippen LogP contribution in [0.1, 0.15) is 38.5 Å². The molecule has 2 nitrogen and oxygen atoms in total. The highest BCUT2D eigenvalue weighted by atomic mass is 15.2. The third-order valence-electron chi connectivity index (χ3n) is 4.47. The van der Waals surface area contributed by atoms with Gasteiger partial charge in [-0.3, -0.25) is 4.90 Å². The van der Waals surface area contributed by atoms with Crippen molar-refractivity contribution in [2.75, 3.05) is 26.2 Å². The van der Waals surface area contributed by atoms with Crippen molar-refractivity contribution in [3.05, 3.63) is 0 Å². The number of likely N-dealkylation sites (tertiary alicyclic amines) is 1. The molecule has 0 aromatic rings. The van der Waals surface area contributed by atoms with Crippen LogP contribution >= 0.6 is 0 Å². The minimum Gasteiger partial charge on any atom is -0.317 e. The Balaban J connectivity index is 1.60. The second-order valence-electron chi connectivity index (χ2n) is 5.56. The number of hydrogen-bond acceptors (Lipinski definition) is 2. The summed E-state index contributed by atoms with van der Waals surface area (Å²) < 4.78 is 0. The lowest BCUT2D eigenvalue weighted by Crippen LogP contribution is -2.47. The number of rotatable bonds is 1. The van der Waals surface area contributed by atoms with Crippen LogP contribution in [0.15, 0.2) is 0 Å². The minimum atomic E-state index is 0.809. The van der Waals surface area contributed by atoms with E-state index in [1.165, 1.54) is 64.7 Å². The molecule has 2 saturated heterocycles. The van der Waals surface area contributed by atoms with Crippen LogP contribution in [0, 0.1) is 5.41 Å². The number of nitrogens with one attached hydrogen (secondary N) is 1. The van der Waals surface area contributed by atoms with Crippen LogP contribution < -0.4 is 5.32 Å². The van der Waals surface area contributed by atoms with Crippen LogP contribution in [-0.2, 0) is 0 Å². The predicted molar refractivity (Wildman–Crippen MR) is 58.4 cm³/mol. The van der Waals surface area contributed by atoms with Crippen molar-refractivity contribution in [3.63, 3.8) is 0 Å². The summed E-state index contributed by atoms with van der Waals surface area (Å²) in [5, 5.41) is 3.46. The second kappa shape index (κ2) is 3.49. The van der Waals surface area contributed by atoms with Crippen molar-refractivity contribution in [2.24, 2.45) is 5.41 Å². The van der Waals surface area contributed by atoms with Crippen molar-refractivity contribution < 1.29 is 0 Å². The van der Waals surface area contributed by atoms with Gasteiger partial charge >= 0.3 is 0 Å². The molecule has 0 unspecified atom stereocenters. The van der Waals surface area contributed by atoms with Gasteiger partial charge in [0.25, 0.3) is 0 Å². The Morgan fingerprint density at radius 2 is 1.86 bits per heavy atom. The van der Waals surface area contributed by atoms with Gasteiger partial charge in [0.2, 0.25) is 0 Å². The monoisotopic (exact) mass is 194 g/mol. The topological polar surface area (TPSA) is 15.3 Å². The van der Waals surface area contributed by atoms with E-state index in [4.69, 9.17) is 0 Å². The molecule has 0 radical (unpaired) electrons. The summed E-state index contributed by atoms with van der Waals surface area (Å²) in [7, 11) is 0. The summed E-state index contributed by atoms with van der Waals surface area (Å²) in [6, 6.07) is 0.911. The van der Waals surface area contributed by atoms with Crippen LogP contribution in [0.2, 0.25) is 0 Å². The molecule has 0 amide bonds. The number of hydrogen-bond donors (Lipinski definition) is 1. The molecule has 3 fully saturated rings. The predicted octanol–water partition coefficient (Wildman–Crippen LogP) is 1.61. The zero-order chi connectivity index (χ0) is 9.43. The zero-order valence-corrected chi connectivity index (χ0v) is 9.10. The van der Waals surface area contributed by atoms with Crippen LogP contribution in [0.5, 0.6) is 0 Å². The Bertz CT molecular complexity index is 204. The number of piperidine rings is 2. The molecule has 1 spiro atoms. The Morgan fingerprint density at radius 1 is 1.07 bits per heavy atom. The maximum Gasteiger partial charge on any atom is 0.0120 e. The van der Waals surface area contributed by atoms with E-state index in [0.29, 0.717) is 0 Å². The standard InChI is InChI=1S/C12H22N2/c1-4-12(5-6-12)10-14(9-1)11-2-7-13-8-3-11/h11,13H,1-10H2. The first kappa shape index (κ1) is 9.17. The smallest absolute Gasteiger partial charge is 0.0120 e. The molecule has 14 heavy (non-hydrogen) atoms. The highest BCUT2D eigenvalue weighted by Gasteiger charge is 2.46.